The highest BCUT2D eigenvalue weighted by molar-refractivity contribution is 6.32. The number of hydrogen-bond acceptors (Lipinski definition) is 7. The highest BCUT2D eigenvalue weighted by Crippen LogP contribution is 2.34. The number of rotatable bonds is 7. The summed E-state index contributed by atoms with van der Waals surface area (Å²) in [7, 11) is 6.10. The molecular weight excluding hydrogens is 541 g/mol. The zero-order valence-corrected chi connectivity index (χ0v) is 23.6. The predicted molar refractivity (Wildman–Crippen MR) is 175 cm³/mol. The lowest BCUT2D eigenvalue weighted by Crippen LogP contribution is -2.19. The summed E-state index contributed by atoms with van der Waals surface area (Å²) >= 11 is 0. The molecule has 206 valence electrons. The van der Waals surface area contributed by atoms with Crippen LogP contribution in [0, 0.1) is 0 Å². The summed E-state index contributed by atoms with van der Waals surface area (Å²) in [6.45, 7) is 0. The monoisotopic (exact) mass is 565 g/mol. The fraction of sp³-hybridized carbons (Fsp3) is 0. The van der Waals surface area contributed by atoms with Crippen LogP contribution >= 0.6 is 0 Å². The lowest BCUT2D eigenvalue weighted by molar-refractivity contribution is 0.964. The van der Waals surface area contributed by atoms with Crippen molar-refractivity contribution < 1.29 is 0 Å². The molecule has 5 aromatic carbocycles. The van der Waals surface area contributed by atoms with Gasteiger partial charge in [-0.3, -0.25) is 0 Å². The Balaban J connectivity index is 1.50. The first kappa shape index (κ1) is 26.9. The lowest BCUT2D eigenvalue weighted by atomic mass is 9.96. The third-order valence-electron chi connectivity index (χ3n) is 6.93. The van der Waals surface area contributed by atoms with Gasteiger partial charge in [0.2, 0.25) is 11.9 Å². The Labute approximate surface area is 256 Å². The Kier molecular flexibility index (Phi) is 7.37. The van der Waals surface area contributed by atoms with Crippen LogP contribution < -0.4 is 10.4 Å². The van der Waals surface area contributed by atoms with Crippen molar-refractivity contribution in [2.24, 2.45) is 0 Å². The van der Waals surface area contributed by atoms with Gasteiger partial charge in [0.1, 0.15) is 7.85 Å². The quantitative estimate of drug-likeness (QED) is 0.193. The van der Waals surface area contributed by atoms with Gasteiger partial charge in [-0.1, -0.05) is 139 Å². The SMILES string of the molecule is [B]c1ccc(N(c2nc(-c3ccccc3)nc(-c3ccccc3)n2)c2nc(-c3ccccc3)nc(-c3ccccc3)n2)cc1. The van der Waals surface area contributed by atoms with E-state index in [1.807, 2.05) is 150 Å². The van der Waals surface area contributed by atoms with Crippen molar-refractivity contribution in [2.75, 3.05) is 4.90 Å². The maximum Gasteiger partial charge on any atom is 0.241 e. The van der Waals surface area contributed by atoms with Gasteiger partial charge in [-0.25, -0.2) is 14.9 Å². The Morgan fingerprint density at radius 2 is 0.636 bits per heavy atom. The first-order chi connectivity index (χ1) is 21.7. The Morgan fingerprint density at radius 3 is 0.932 bits per heavy atom. The second-order valence-corrected chi connectivity index (χ2v) is 9.96. The summed E-state index contributed by atoms with van der Waals surface area (Å²) in [5.74, 6) is 2.80. The van der Waals surface area contributed by atoms with Crippen molar-refractivity contribution >= 4 is 30.9 Å². The minimum atomic E-state index is 0.353. The van der Waals surface area contributed by atoms with E-state index in [9.17, 15) is 0 Å². The van der Waals surface area contributed by atoms with Crippen molar-refractivity contribution in [3.63, 3.8) is 0 Å². The van der Waals surface area contributed by atoms with Gasteiger partial charge in [-0.05, 0) is 12.1 Å². The van der Waals surface area contributed by atoms with E-state index in [2.05, 4.69) is 0 Å². The van der Waals surface area contributed by atoms with Crippen LogP contribution in [0.5, 0.6) is 0 Å². The average molecular weight is 565 g/mol. The standard InChI is InChI=1S/C36H24BN7/c37-29-21-23-30(24-22-29)44(35-40-31(25-13-5-1-6-14-25)38-32(41-35)26-15-7-2-8-16-26)36-42-33(27-17-9-3-10-18-27)39-34(43-36)28-19-11-4-12-20-28/h1-24H. The molecule has 44 heavy (non-hydrogen) atoms. The molecular formula is C36H24BN7. The Morgan fingerprint density at radius 1 is 0.341 bits per heavy atom. The van der Waals surface area contributed by atoms with E-state index in [0.29, 0.717) is 40.7 Å². The average Bonchev–Trinajstić information content (AvgIpc) is 3.10. The van der Waals surface area contributed by atoms with Gasteiger partial charge >= 0.3 is 0 Å². The second-order valence-electron chi connectivity index (χ2n) is 9.96. The van der Waals surface area contributed by atoms with E-state index in [0.717, 1.165) is 27.9 Å². The first-order valence-corrected chi connectivity index (χ1v) is 14.1. The summed E-state index contributed by atoms with van der Waals surface area (Å²) in [5, 5.41) is 0. The Bertz CT molecular complexity index is 1760. The first-order valence-electron chi connectivity index (χ1n) is 14.1. The van der Waals surface area contributed by atoms with Crippen molar-refractivity contribution in [1.29, 1.82) is 0 Å². The minimum Gasteiger partial charge on any atom is -0.246 e. The molecule has 7 nitrogen and oxygen atoms in total. The van der Waals surface area contributed by atoms with Gasteiger partial charge in [-0.15, -0.1) is 0 Å². The van der Waals surface area contributed by atoms with Crippen LogP contribution in [0.15, 0.2) is 146 Å². The van der Waals surface area contributed by atoms with Gasteiger partial charge in [0, 0.05) is 22.3 Å². The van der Waals surface area contributed by atoms with Crippen LogP contribution in [0.4, 0.5) is 17.6 Å². The number of benzene rings is 5. The van der Waals surface area contributed by atoms with Gasteiger partial charge in [0.15, 0.2) is 23.3 Å². The molecule has 0 bridgehead atoms. The fourth-order valence-corrected chi connectivity index (χ4v) is 4.74. The molecule has 0 fully saturated rings. The van der Waals surface area contributed by atoms with E-state index in [1.54, 1.807) is 0 Å². The smallest absolute Gasteiger partial charge is 0.241 e. The summed E-state index contributed by atoms with van der Waals surface area (Å²) in [4.78, 5) is 31.5. The van der Waals surface area contributed by atoms with E-state index in [1.165, 1.54) is 0 Å². The highest BCUT2D eigenvalue weighted by Gasteiger charge is 2.24. The molecule has 0 aliphatic rings. The summed E-state index contributed by atoms with van der Waals surface area (Å²) in [5.41, 5.74) is 4.79. The van der Waals surface area contributed by atoms with Gasteiger partial charge in [0.25, 0.3) is 0 Å². The molecule has 2 radical (unpaired) electrons. The maximum absolute atomic E-state index is 6.10. The molecule has 2 heterocycles. The number of aromatic nitrogens is 6. The zero-order valence-electron chi connectivity index (χ0n) is 23.6. The Hall–Kier alpha value is -6.02. The molecule has 0 aliphatic carbocycles. The van der Waals surface area contributed by atoms with Crippen LogP contribution in [0.3, 0.4) is 0 Å². The van der Waals surface area contributed by atoms with E-state index in [-0.39, 0.29) is 0 Å². The molecule has 0 unspecified atom stereocenters. The number of nitrogens with zero attached hydrogens (tertiary/aromatic N) is 7. The largest absolute Gasteiger partial charge is 0.246 e. The van der Waals surface area contributed by atoms with Crippen molar-refractivity contribution in [3.05, 3.63) is 146 Å². The maximum atomic E-state index is 6.10. The van der Waals surface area contributed by atoms with Crippen LogP contribution in [0.2, 0.25) is 0 Å². The number of hydrogen-bond donors (Lipinski definition) is 0. The summed E-state index contributed by atoms with van der Waals surface area (Å²) < 4.78 is 0. The lowest BCUT2D eigenvalue weighted by Gasteiger charge is -2.23. The van der Waals surface area contributed by atoms with Crippen LogP contribution in [0.1, 0.15) is 0 Å². The van der Waals surface area contributed by atoms with E-state index < -0.39 is 0 Å². The molecule has 8 heteroatoms. The van der Waals surface area contributed by atoms with Crippen molar-refractivity contribution in [2.45, 2.75) is 0 Å². The topological polar surface area (TPSA) is 80.6 Å². The predicted octanol–water partition coefficient (Wildman–Crippen LogP) is 6.99. The van der Waals surface area contributed by atoms with E-state index >= 15 is 0 Å². The van der Waals surface area contributed by atoms with Gasteiger partial charge in [-0.2, -0.15) is 19.9 Å². The molecule has 7 aromatic rings. The molecule has 7 rings (SSSR count). The third kappa shape index (κ3) is 5.69. The fourth-order valence-electron chi connectivity index (χ4n) is 4.74. The summed E-state index contributed by atoms with van der Waals surface area (Å²) in [6.07, 6.45) is 0. The summed E-state index contributed by atoms with van der Waals surface area (Å²) in [6, 6.07) is 46.8. The van der Waals surface area contributed by atoms with Crippen LogP contribution in [-0.4, -0.2) is 37.8 Å². The van der Waals surface area contributed by atoms with Crippen LogP contribution in [-0.2, 0) is 0 Å². The zero-order chi connectivity index (χ0) is 29.7. The normalized spacial score (nSPS) is 10.8. The second kappa shape index (κ2) is 12.1. The molecule has 0 amide bonds. The van der Waals surface area contributed by atoms with Gasteiger partial charge < -0.3 is 0 Å². The molecule has 0 aliphatic heterocycles. The van der Waals surface area contributed by atoms with Crippen molar-refractivity contribution in [3.8, 4) is 45.6 Å². The molecule has 0 saturated heterocycles. The van der Waals surface area contributed by atoms with E-state index in [4.69, 9.17) is 37.8 Å². The number of anilines is 3. The molecule has 0 saturated carbocycles. The van der Waals surface area contributed by atoms with Crippen molar-refractivity contribution in [1.82, 2.24) is 29.9 Å². The third-order valence-corrected chi connectivity index (χ3v) is 6.93. The molecule has 0 N–H and O–H groups in total. The minimum absolute atomic E-state index is 0.353. The molecule has 0 spiro atoms. The van der Waals surface area contributed by atoms with Crippen LogP contribution in [0.25, 0.3) is 45.6 Å². The van der Waals surface area contributed by atoms with Gasteiger partial charge in [0.05, 0.1) is 5.69 Å². The molecule has 0 atom stereocenters. The highest BCUT2D eigenvalue weighted by atomic mass is 15.4. The molecule has 2 aromatic heterocycles.